The van der Waals surface area contributed by atoms with Crippen LogP contribution in [-0.2, 0) is 17.6 Å². The molecule has 1 saturated carbocycles. The maximum atomic E-state index is 13.6. The summed E-state index contributed by atoms with van der Waals surface area (Å²) in [6.07, 6.45) is 0.336. The van der Waals surface area contributed by atoms with Gasteiger partial charge in [0.15, 0.2) is 0 Å². The van der Waals surface area contributed by atoms with Crippen LogP contribution in [0, 0.1) is 5.92 Å². The summed E-state index contributed by atoms with van der Waals surface area (Å²) in [6.45, 7) is -0.278. The predicted octanol–water partition coefficient (Wildman–Crippen LogP) is 5.06. The first-order valence-electron chi connectivity index (χ1n) is 9.97. The number of anilines is 1. The lowest BCUT2D eigenvalue weighted by molar-refractivity contribution is -0.145. The zero-order valence-electron chi connectivity index (χ0n) is 16.2. The Labute approximate surface area is 171 Å². The van der Waals surface area contributed by atoms with Crippen LogP contribution in [0.3, 0.4) is 0 Å². The average Bonchev–Trinajstić information content (AvgIpc) is 3.14. The SMILES string of the molecule is O=C(Nc1ccc(-n2c(C(F)(F)F)nc3cc(CO)ccc32)cc1)C1CCCCC1. The molecule has 0 saturated heterocycles. The number of imidazole rings is 1. The second-order valence-corrected chi connectivity index (χ2v) is 7.62. The molecule has 1 fully saturated rings. The molecule has 30 heavy (non-hydrogen) atoms. The van der Waals surface area contributed by atoms with Crippen molar-refractivity contribution in [3.05, 3.63) is 53.9 Å². The molecule has 1 aliphatic carbocycles. The van der Waals surface area contributed by atoms with E-state index >= 15 is 0 Å². The number of aromatic nitrogens is 2. The van der Waals surface area contributed by atoms with Crippen molar-refractivity contribution in [2.75, 3.05) is 5.32 Å². The zero-order valence-corrected chi connectivity index (χ0v) is 16.2. The molecule has 3 aromatic rings. The number of carbonyl (C=O) groups excluding carboxylic acids is 1. The Kier molecular flexibility index (Phi) is 5.51. The molecule has 8 heteroatoms. The van der Waals surface area contributed by atoms with E-state index in [1.807, 2.05) is 0 Å². The van der Waals surface area contributed by atoms with Crippen LogP contribution in [0.15, 0.2) is 42.5 Å². The van der Waals surface area contributed by atoms with Crippen LogP contribution < -0.4 is 5.32 Å². The molecule has 158 valence electrons. The number of carbonyl (C=O) groups is 1. The molecule has 2 aromatic carbocycles. The van der Waals surface area contributed by atoms with E-state index in [0.29, 0.717) is 16.8 Å². The van der Waals surface area contributed by atoms with Crippen molar-refractivity contribution < 1.29 is 23.1 Å². The van der Waals surface area contributed by atoms with Crippen LogP contribution in [-0.4, -0.2) is 20.6 Å². The Morgan fingerprint density at radius 3 is 2.43 bits per heavy atom. The first kappa shape index (κ1) is 20.4. The van der Waals surface area contributed by atoms with E-state index in [2.05, 4.69) is 10.3 Å². The van der Waals surface area contributed by atoms with Gasteiger partial charge >= 0.3 is 6.18 Å². The van der Waals surface area contributed by atoms with Crippen LogP contribution in [0.5, 0.6) is 0 Å². The highest BCUT2D eigenvalue weighted by atomic mass is 19.4. The van der Waals surface area contributed by atoms with Gasteiger partial charge in [-0.3, -0.25) is 9.36 Å². The summed E-state index contributed by atoms with van der Waals surface area (Å²) in [5.41, 5.74) is 1.77. The Hall–Kier alpha value is -2.87. The van der Waals surface area contributed by atoms with Crippen LogP contribution in [0.1, 0.15) is 43.5 Å². The van der Waals surface area contributed by atoms with Gasteiger partial charge in [0, 0.05) is 17.3 Å². The lowest BCUT2D eigenvalue weighted by atomic mass is 9.88. The van der Waals surface area contributed by atoms with Gasteiger partial charge in [-0.1, -0.05) is 25.3 Å². The predicted molar refractivity (Wildman–Crippen MR) is 107 cm³/mol. The van der Waals surface area contributed by atoms with E-state index in [1.165, 1.54) is 24.3 Å². The van der Waals surface area contributed by atoms with Crippen LogP contribution in [0.4, 0.5) is 18.9 Å². The van der Waals surface area contributed by atoms with E-state index in [9.17, 15) is 23.1 Å². The number of halogens is 3. The largest absolute Gasteiger partial charge is 0.450 e. The summed E-state index contributed by atoms with van der Waals surface area (Å²) >= 11 is 0. The number of aliphatic hydroxyl groups excluding tert-OH is 1. The van der Waals surface area contributed by atoms with Crippen molar-refractivity contribution >= 4 is 22.6 Å². The van der Waals surface area contributed by atoms with Gasteiger partial charge in [-0.25, -0.2) is 4.98 Å². The minimum Gasteiger partial charge on any atom is -0.392 e. The molecule has 1 amide bonds. The maximum absolute atomic E-state index is 13.6. The number of hydrogen-bond acceptors (Lipinski definition) is 3. The summed E-state index contributed by atoms with van der Waals surface area (Å²) in [4.78, 5) is 16.2. The molecule has 0 spiro atoms. The lowest BCUT2D eigenvalue weighted by Crippen LogP contribution is -2.24. The van der Waals surface area contributed by atoms with E-state index in [1.54, 1.807) is 18.2 Å². The minimum atomic E-state index is -4.65. The second kappa shape index (κ2) is 8.10. The molecule has 0 atom stereocenters. The van der Waals surface area contributed by atoms with Gasteiger partial charge in [0.05, 0.1) is 17.6 Å². The smallest absolute Gasteiger partial charge is 0.392 e. The van der Waals surface area contributed by atoms with Gasteiger partial charge in [0.1, 0.15) is 0 Å². The quantitative estimate of drug-likeness (QED) is 0.624. The second-order valence-electron chi connectivity index (χ2n) is 7.62. The molecule has 0 unspecified atom stereocenters. The van der Waals surface area contributed by atoms with Crippen molar-refractivity contribution in [2.45, 2.75) is 44.9 Å². The number of benzene rings is 2. The summed E-state index contributed by atoms with van der Waals surface area (Å²) in [7, 11) is 0. The molecule has 0 aliphatic heterocycles. The third-order valence-electron chi connectivity index (χ3n) is 5.52. The third kappa shape index (κ3) is 4.05. The molecule has 4 rings (SSSR count). The van der Waals surface area contributed by atoms with Crippen molar-refractivity contribution in [3.63, 3.8) is 0 Å². The van der Waals surface area contributed by atoms with Gasteiger partial charge in [-0.15, -0.1) is 0 Å². The first-order chi connectivity index (χ1) is 14.4. The number of nitrogens with one attached hydrogen (secondary N) is 1. The van der Waals surface area contributed by atoms with Gasteiger partial charge in [-0.2, -0.15) is 13.2 Å². The molecule has 2 N–H and O–H groups in total. The molecule has 0 radical (unpaired) electrons. The Bertz CT molecular complexity index is 1050. The summed E-state index contributed by atoms with van der Waals surface area (Å²) in [5, 5.41) is 12.1. The number of amides is 1. The molecule has 1 aliphatic rings. The minimum absolute atomic E-state index is 0.00595. The number of aliphatic hydroxyl groups is 1. The van der Waals surface area contributed by atoms with Gasteiger partial charge in [-0.05, 0) is 54.8 Å². The van der Waals surface area contributed by atoms with Crippen molar-refractivity contribution in [1.82, 2.24) is 9.55 Å². The van der Waals surface area contributed by atoms with Crippen LogP contribution in [0.2, 0.25) is 0 Å². The van der Waals surface area contributed by atoms with E-state index in [0.717, 1.165) is 36.7 Å². The molecule has 1 aromatic heterocycles. The summed E-state index contributed by atoms with van der Waals surface area (Å²) in [5.74, 6) is -1.08. The number of nitrogens with zero attached hydrogens (tertiary/aromatic N) is 2. The third-order valence-corrected chi connectivity index (χ3v) is 5.52. The van der Waals surface area contributed by atoms with E-state index < -0.39 is 12.0 Å². The highest BCUT2D eigenvalue weighted by molar-refractivity contribution is 5.92. The molecule has 5 nitrogen and oxygen atoms in total. The normalized spacial score (nSPS) is 15.5. The van der Waals surface area contributed by atoms with E-state index in [4.69, 9.17) is 0 Å². The van der Waals surface area contributed by atoms with Crippen LogP contribution >= 0.6 is 0 Å². The molecule has 0 bridgehead atoms. The Morgan fingerprint density at radius 1 is 1.10 bits per heavy atom. The topological polar surface area (TPSA) is 67.2 Å². The van der Waals surface area contributed by atoms with Crippen molar-refractivity contribution in [3.8, 4) is 5.69 Å². The van der Waals surface area contributed by atoms with Gasteiger partial charge in [0.2, 0.25) is 11.7 Å². The van der Waals surface area contributed by atoms with Gasteiger partial charge < -0.3 is 10.4 Å². The Balaban J connectivity index is 1.65. The maximum Gasteiger partial charge on any atom is 0.450 e. The molecule has 1 heterocycles. The fraction of sp³-hybridized carbons (Fsp3) is 0.364. The number of rotatable bonds is 4. The standard InChI is InChI=1S/C22H22F3N3O2/c23-22(24,25)21-27-18-12-14(13-29)6-11-19(18)28(21)17-9-7-16(8-10-17)26-20(30)15-4-2-1-3-5-15/h6-12,15,29H,1-5,13H2,(H,26,30). The molecular weight excluding hydrogens is 395 g/mol. The lowest BCUT2D eigenvalue weighted by Gasteiger charge is -2.20. The van der Waals surface area contributed by atoms with Crippen molar-refractivity contribution in [1.29, 1.82) is 0 Å². The van der Waals surface area contributed by atoms with Crippen LogP contribution in [0.25, 0.3) is 16.7 Å². The first-order valence-corrected chi connectivity index (χ1v) is 9.97. The monoisotopic (exact) mass is 417 g/mol. The van der Waals surface area contributed by atoms with E-state index in [-0.39, 0.29) is 29.6 Å². The average molecular weight is 417 g/mol. The fourth-order valence-corrected chi connectivity index (χ4v) is 3.98. The highest BCUT2D eigenvalue weighted by Gasteiger charge is 2.38. The Morgan fingerprint density at radius 2 is 1.80 bits per heavy atom. The zero-order chi connectivity index (χ0) is 21.3. The number of hydrogen-bond donors (Lipinski definition) is 2. The summed E-state index contributed by atoms with van der Waals surface area (Å²) in [6, 6.07) is 10.8. The molecular formula is C22H22F3N3O2. The fourth-order valence-electron chi connectivity index (χ4n) is 3.98. The summed E-state index contributed by atoms with van der Waals surface area (Å²) < 4.78 is 41.9. The number of alkyl halides is 3. The van der Waals surface area contributed by atoms with Crippen molar-refractivity contribution in [2.24, 2.45) is 5.92 Å². The number of fused-ring (bicyclic) bond motifs is 1. The van der Waals surface area contributed by atoms with Gasteiger partial charge in [0.25, 0.3) is 0 Å². The highest BCUT2D eigenvalue weighted by Crippen LogP contribution is 2.34.